The summed E-state index contributed by atoms with van der Waals surface area (Å²) in [6.45, 7) is 1.93. The van der Waals surface area contributed by atoms with Gasteiger partial charge >= 0.3 is 0 Å². The maximum atomic E-state index is 6.25. The molecule has 5 heteroatoms. The first-order valence-corrected chi connectivity index (χ1v) is 6.50. The average Bonchev–Trinajstić information content (AvgIpc) is 2.47. The van der Waals surface area contributed by atoms with Gasteiger partial charge in [-0.25, -0.2) is 15.0 Å². The number of hydrogen-bond donors (Lipinski definition) is 0. The van der Waals surface area contributed by atoms with Crippen LogP contribution in [0.4, 0.5) is 0 Å². The fourth-order valence-corrected chi connectivity index (χ4v) is 2.21. The van der Waals surface area contributed by atoms with Crippen LogP contribution in [0.3, 0.4) is 0 Å². The third kappa shape index (κ3) is 2.30. The third-order valence-electron chi connectivity index (χ3n) is 2.97. The Balaban J connectivity index is 2.19. The highest BCUT2D eigenvalue weighted by Crippen LogP contribution is 2.27. The molecular weight excluding hydrogens is 274 g/mol. The molecule has 0 aliphatic rings. The van der Waals surface area contributed by atoms with Crippen LogP contribution in [0, 0.1) is 6.92 Å². The Kier molecular flexibility index (Phi) is 3.24. The van der Waals surface area contributed by atoms with Gasteiger partial charge in [-0.2, -0.15) is 0 Å². The molecule has 0 bridgehead atoms. The zero-order valence-corrected chi connectivity index (χ0v) is 11.8. The largest absolute Gasteiger partial charge is 0.497 e. The van der Waals surface area contributed by atoms with Gasteiger partial charge in [0.05, 0.1) is 12.6 Å². The third-order valence-corrected chi connectivity index (χ3v) is 3.26. The standard InChI is InChI=1S/C15H12ClN3O/c1-9-4-3-5-13(17-9)15-18-12-7-6-10(20-2)8-11(12)14(16)19-15/h3-8H,1-2H3. The Morgan fingerprint density at radius 1 is 1.05 bits per heavy atom. The summed E-state index contributed by atoms with van der Waals surface area (Å²) in [5.41, 5.74) is 2.39. The van der Waals surface area contributed by atoms with E-state index < -0.39 is 0 Å². The van der Waals surface area contributed by atoms with Gasteiger partial charge in [0.15, 0.2) is 5.82 Å². The van der Waals surface area contributed by atoms with Crippen molar-refractivity contribution < 1.29 is 4.74 Å². The zero-order valence-electron chi connectivity index (χ0n) is 11.1. The summed E-state index contributed by atoms with van der Waals surface area (Å²) in [5.74, 6) is 1.25. The van der Waals surface area contributed by atoms with Crippen molar-refractivity contribution in [2.45, 2.75) is 6.92 Å². The van der Waals surface area contributed by atoms with E-state index in [2.05, 4.69) is 15.0 Å². The van der Waals surface area contributed by atoms with E-state index in [1.807, 2.05) is 43.3 Å². The van der Waals surface area contributed by atoms with Gasteiger partial charge in [-0.15, -0.1) is 0 Å². The maximum absolute atomic E-state index is 6.25. The normalized spacial score (nSPS) is 10.8. The van der Waals surface area contributed by atoms with Gasteiger partial charge in [0, 0.05) is 11.1 Å². The molecule has 2 heterocycles. The smallest absolute Gasteiger partial charge is 0.180 e. The lowest BCUT2D eigenvalue weighted by molar-refractivity contribution is 0.415. The predicted octanol–water partition coefficient (Wildman–Crippen LogP) is 3.66. The number of rotatable bonds is 2. The van der Waals surface area contributed by atoms with E-state index in [9.17, 15) is 0 Å². The first-order chi connectivity index (χ1) is 9.67. The molecule has 0 saturated carbocycles. The number of halogens is 1. The number of aryl methyl sites for hydroxylation is 1. The molecule has 0 N–H and O–H groups in total. The molecule has 0 atom stereocenters. The van der Waals surface area contributed by atoms with E-state index in [0.29, 0.717) is 16.7 Å². The van der Waals surface area contributed by atoms with Crippen LogP contribution in [0.1, 0.15) is 5.69 Å². The van der Waals surface area contributed by atoms with Crippen molar-refractivity contribution in [3.8, 4) is 17.3 Å². The second-order valence-corrected chi connectivity index (χ2v) is 4.74. The van der Waals surface area contributed by atoms with Crippen molar-refractivity contribution >= 4 is 22.5 Å². The lowest BCUT2D eigenvalue weighted by atomic mass is 10.2. The van der Waals surface area contributed by atoms with E-state index in [4.69, 9.17) is 16.3 Å². The van der Waals surface area contributed by atoms with Crippen LogP contribution in [0.2, 0.25) is 5.15 Å². The first kappa shape index (κ1) is 12.8. The maximum Gasteiger partial charge on any atom is 0.180 e. The molecule has 0 spiro atoms. The van der Waals surface area contributed by atoms with E-state index in [1.165, 1.54) is 0 Å². The van der Waals surface area contributed by atoms with Crippen molar-refractivity contribution in [2.24, 2.45) is 0 Å². The summed E-state index contributed by atoms with van der Waals surface area (Å²) in [4.78, 5) is 13.3. The van der Waals surface area contributed by atoms with Crippen molar-refractivity contribution in [1.82, 2.24) is 15.0 Å². The number of methoxy groups -OCH3 is 1. The SMILES string of the molecule is COc1ccc2nc(-c3cccc(C)n3)nc(Cl)c2c1. The summed E-state index contributed by atoms with van der Waals surface area (Å²) in [6.07, 6.45) is 0. The van der Waals surface area contributed by atoms with Crippen molar-refractivity contribution in [1.29, 1.82) is 0 Å². The Morgan fingerprint density at radius 2 is 1.90 bits per heavy atom. The molecule has 3 aromatic rings. The zero-order chi connectivity index (χ0) is 14.1. The highest BCUT2D eigenvalue weighted by atomic mass is 35.5. The molecule has 0 aliphatic carbocycles. The summed E-state index contributed by atoms with van der Waals surface area (Å²) in [6, 6.07) is 11.3. The van der Waals surface area contributed by atoms with E-state index in [1.54, 1.807) is 7.11 Å². The number of ether oxygens (including phenoxy) is 1. The number of aromatic nitrogens is 3. The molecule has 0 unspecified atom stereocenters. The second kappa shape index (κ2) is 5.06. The van der Waals surface area contributed by atoms with Gasteiger partial charge in [-0.3, -0.25) is 0 Å². The van der Waals surface area contributed by atoms with E-state index in [0.717, 1.165) is 22.3 Å². The summed E-state index contributed by atoms with van der Waals surface area (Å²) in [7, 11) is 1.61. The molecule has 0 radical (unpaired) electrons. The van der Waals surface area contributed by atoms with E-state index in [-0.39, 0.29) is 0 Å². The van der Waals surface area contributed by atoms with Crippen LogP contribution in [0.5, 0.6) is 5.75 Å². The highest BCUT2D eigenvalue weighted by Gasteiger charge is 2.10. The fourth-order valence-electron chi connectivity index (χ4n) is 1.98. The Bertz CT molecular complexity index is 789. The lowest BCUT2D eigenvalue weighted by Gasteiger charge is -2.06. The Hall–Kier alpha value is -2.20. The molecule has 2 aromatic heterocycles. The molecule has 3 rings (SSSR count). The molecule has 0 fully saturated rings. The van der Waals surface area contributed by atoms with Crippen LogP contribution in [0.25, 0.3) is 22.4 Å². The molecule has 20 heavy (non-hydrogen) atoms. The van der Waals surface area contributed by atoms with Crippen LogP contribution in [-0.4, -0.2) is 22.1 Å². The molecular formula is C15H12ClN3O. The number of nitrogens with zero attached hydrogens (tertiary/aromatic N) is 3. The number of benzene rings is 1. The average molecular weight is 286 g/mol. The number of fused-ring (bicyclic) bond motifs is 1. The molecule has 4 nitrogen and oxygen atoms in total. The lowest BCUT2D eigenvalue weighted by Crippen LogP contribution is -1.95. The minimum absolute atomic E-state index is 0.396. The summed E-state index contributed by atoms with van der Waals surface area (Å²) in [5, 5.41) is 1.16. The highest BCUT2D eigenvalue weighted by molar-refractivity contribution is 6.34. The second-order valence-electron chi connectivity index (χ2n) is 4.39. The number of pyridine rings is 1. The van der Waals surface area contributed by atoms with Crippen LogP contribution in [0.15, 0.2) is 36.4 Å². The minimum atomic E-state index is 0.396. The molecule has 0 amide bonds. The minimum Gasteiger partial charge on any atom is -0.497 e. The quantitative estimate of drug-likeness (QED) is 0.674. The fraction of sp³-hybridized carbons (Fsp3) is 0.133. The topological polar surface area (TPSA) is 47.9 Å². The van der Waals surface area contributed by atoms with Gasteiger partial charge in [0.2, 0.25) is 0 Å². The first-order valence-electron chi connectivity index (χ1n) is 6.13. The van der Waals surface area contributed by atoms with Gasteiger partial charge in [-0.05, 0) is 37.3 Å². The molecule has 0 aliphatic heterocycles. The van der Waals surface area contributed by atoms with Crippen LogP contribution < -0.4 is 4.74 Å². The Labute approximate surface area is 121 Å². The summed E-state index contributed by atoms with van der Waals surface area (Å²) >= 11 is 6.25. The molecule has 0 saturated heterocycles. The van der Waals surface area contributed by atoms with Crippen molar-refractivity contribution in [2.75, 3.05) is 7.11 Å². The van der Waals surface area contributed by atoms with Crippen LogP contribution in [-0.2, 0) is 0 Å². The number of hydrogen-bond acceptors (Lipinski definition) is 4. The van der Waals surface area contributed by atoms with Gasteiger partial charge in [-0.1, -0.05) is 17.7 Å². The monoisotopic (exact) mass is 285 g/mol. The predicted molar refractivity (Wildman–Crippen MR) is 79.1 cm³/mol. The van der Waals surface area contributed by atoms with Crippen molar-refractivity contribution in [3.63, 3.8) is 0 Å². The molecule has 100 valence electrons. The van der Waals surface area contributed by atoms with Crippen molar-refractivity contribution in [3.05, 3.63) is 47.2 Å². The Morgan fingerprint density at radius 3 is 2.65 bits per heavy atom. The van der Waals surface area contributed by atoms with Gasteiger partial charge < -0.3 is 4.74 Å². The van der Waals surface area contributed by atoms with Gasteiger partial charge in [0.25, 0.3) is 0 Å². The van der Waals surface area contributed by atoms with E-state index >= 15 is 0 Å². The van der Waals surface area contributed by atoms with Gasteiger partial charge in [0.1, 0.15) is 16.6 Å². The summed E-state index contributed by atoms with van der Waals surface area (Å²) < 4.78 is 5.18. The van der Waals surface area contributed by atoms with Crippen LogP contribution >= 0.6 is 11.6 Å². The molecule has 1 aromatic carbocycles.